The summed E-state index contributed by atoms with van der Waals surface area (Å²) in [4.78, 5) is 12.5. The SMILES string of the molecule is CCc1cc(C(F)(C(F)(F)F)C(F)(F)C(F)(F)F)cc(C)c1NC(=O)C1=CC(Br)C(NC2SSN=C2Cl)C=C1. The molecule has 2 aliphatic rings. The fourth-order valence-corrected chi connectivity index (χ4v) is 6.80. The largest absolute Gasteiger partial charge is 0.457 e. The molecule has 4 nitrogen and oxygen atoms in total. The van der Waals surface area contributed by atoms with E-state index in [2.05, 4.69) is 31.0 Å². The lowest BCUT2D eigenvalue weighted by Crippen LogP contribution is -2.59. The molecule has 39 heavy (non-hydrogen) atoms. The van der Waals surface area contributed by atoms with Crippen LogP contribution in [0.15, 0.2) is 40.3 Å². The molecule has 0 bridgehead atoms. The maximum Gasteiger partial charge on any atom is 0.457 e. The van der Waals surface area contributed by atoms with Crippen molar-refractivity contribution in [3.63, 3.8) is 0 Å². The van der Waals surface area contributed by atoms with E-state index in [9.17, 15) is 39.9 Å². The van der Waals surface area contributed by atoms with Crippen LogP contribution in [0.25, 0.3) is 0 Å². The van der Waals surface area contributed by atoms with Crippen molar-refractivity contribution in [2.45, 2.75) is 60.5 Å². The van der Waals surface area contributed by atoms with E-state index >= 15 is 4.39 Å². The number of alkyl halides is 10. The Morgan fingerprint density at radius 1 is 1.10 bits per heavy atom. The Hall–Kier alpha value is -1.36. The molecule has 216 valence electrons. The number of benzene rings is 1. The van der Waals surface area contributed by atoms with Crippen LogP contribution in [0.3, 0.4) is 0 Å². The van der Waals surface area contributed by atoms with Gasteiger partial charge in [0.15, 0.2) is 0 Å². The Morgan fingerprint density at radius 3 is 2.23 bits per heavy atom. The molecule has 0 radical (unpaired) electrons. The van der Waals surface area contributed by atoms with Crippen LogP contribution in [0, 0.1) is 6.92 Å². The van der Waals surface area contributed by atoms with Crippen molar-refractivity contribution in [1.82, 2.24) is 5.32 Å². The van der Waals surface area contributed by atoms with Crippen molar-refractivity contribution in [1.29, 1.82) is 0 Å². The van der Waals surface area contributed by atoms with Crippen LogP contribution >= 0.6 is 49.3 Å². The number of carbonyl (C=O) groups is 1. The summed E-state index contributed by atoms with van der Waals surface area (Å²) in [5.74, 6) is -7.53. The van der Waals surface area contributed by atoms with Gasteiger partial charge in [0.2, 0.25) is 0 Å². The predicted octanol–water partition coefficient (Wildman–Crippen LogP) is 7.91. The van der Waals surface area contributed by atoms with E-state index in [1.165, 1.54) is 40.8 Å². The summed E-state index contributed by atoms with van der Waals surface area (Å²) >= 11 is 9.44. The highest BCUT2D eigenvalue weighted by atomic mass is 79.9. The zero-order chi connectivity index (χ0) is 29.6. The van der Waals surface area contributed by atoms with Gasteiger partial charge in [0, 0.05) is 33.8 Å². The molecule has 4 atom stereocenters. The molecule has 0 fully saturated rings. The standard InChI is InChI=1S/C22H18BrClF9N3OS2/c1-3-10-7-12(19(25,21(28,29)30)20(26,27)22(31,32)33)6-9(2)15(10)35-17(37)11-4-5-14(13(23)8-11)34-18-16(24)36-39-38-18/h4-8,13-14,18,34H,3H2,1-2H3,(H,35,37). The highest BCUT2D eigenvalue weighted by molar-refractivity contribution is 9.09. The van der Waals surface area contributed by atoms with Gasteiger partial charge in [0.05, 0.1) is 4.83 Å². The minimum Gasteiger partial charge on any atom is -0.322 e. The number of anilines is 1. The van der Waals surface area contributed by atoms with Gasteiger partial charge in [-0.3, -0.25) is 10.1 Å². The molecule has 1 aromatic carbocycles. The minimum absolute atomic E-state index is 0.118. The number of nitrogens with zero attached hydrogens (tertiary/aromatic N) is 1. The number of halogens is 11. The Morgan fingerprint density at radius 2 is 1.74 bits per heavy atom. The molecule has 1 aliphatic carbocycles. The van der Waals surface area contributed by atoms with Gasteiger partial charge in [0.25, 0.3) is 5.91 Å². The quantitative estimate of drug-likeness (QED) is 0.132. The van der Waals surface area contributed by atoms with Crippen LogP contribution in [0.2, 0.25) is 0 Å². The predicted molar refractivity (Wildman–Crippen MR) is 138 cm³/mol. The number of aryl methyl sites for hydroxylation is 2. The van der Waals surface area contributed by atoms with Crippen LogP contribution in [-0.2, 0) is 16.9 Å². The van der Waals surface area contributed by atoms with Crippen LogP contribution in [-0.4, -0.2) is 45.6 Å². The molecule has 4 unspecified atom stereocenters. The maximum absolute atomic E-state index is 15.0. The summed E-state index contributed by atoms with van der Waals surface area (Å²) in [6.45, 7) is 2.41. The summed E-state index contributed by atoms with van der Waals surface area (Å²) in [6.07, 6.45) is -9.04. The van der Waals surface area contributed by atoms with E-state index in [0.717, 1.165) is 6.92 Å². The van der Waals surface area contributed by atoms with Crippen LogP contribution < -0.4 is 10.6 Å². The van der Waals surface area contributed by atoms with Crippen molar-refractivity contribution in [3.8, 4) is 0 Å². The molecule has 1 heterocycles. The van der Waals surface area contributed by atoms with E-state index in [-0.39, 0.29) is 52.4 Å². The first-order valence-electron chi connectivity index (χ1n) is 10.9. The van der Waals surface area contributed by atoms with E-state index in [1.807, 2.05) is 0 Å². The maximum atomic E-state index is 15.0. The molecule has 0 saturated heterocycles. The fraction of sp³-hybridized carbons (Fsp3) is 0.455. The molecule has 0 aromatic heterocycles. The number of amides is 1. The Bertz CT molecular complexity index is 1220. The van der Waals surface area contributed by atoms with E-state index in [0.29, 0.717) is 5.17 Å². The first-order valence-corrected chi connectivity index (χ1v) is 14.3. The molecule has 17 heteroatoms. The second-order valence-corrected chi connectivity index (χ2v) is 11.9. The van der Waals surface area contributed by atoms with E-state index in [4.69, 9.17) is 11.6 Å². The number of rotatable bonds is 7. The van der Waals surface area contributed by atoms with Crippen molar-refractivity contribution in [2.24, 2.45) is 4.40 Å². The van der Waals surface area contributed by atoms with Crippen molar-refractivity contribution in [3.05, 3.63) is 52.6 Å². The Labute approximate surface area is 237 Å². The van der Waals surface area contributed by atoms with Gasteiger partial charge in [-0.25, -0.2) is 4.39 Å². The normalized spacial score (nSPS) is 23.8. The zero-order valence-electron chi connectivity index (χ0n) is 19.7. The van der Waals surface area contributed by atoms with Crippen molar-refractivity contribution < 1.29 is 44.3 Å². The first-order chi connectivity index (χ1) is 17.8. The average Bonchev–Trinajstić information content (AvgIpc) is 3.23. The lowest BCUT2D eigenvalue weighted by atomic mass is 9.85. The molecular formula is C22H18BrClF9N3OS2. The first kappa shape index (κ1) is 32.2. The van der Waals surface area contributed by atoms with Gasteiger partial charge in [-0.05, 0) is 41.3 Å². The average molecular weight is 691 g/mol. The number of hydrogen-bond donors (Lipinski definition) is 2. The van der Waals surface area contributed by atoms with Crippen molar-refractivity contribution >= 4 is 66.1 Å². The number of nitrogens with one attached hydrogen (secondary N) is 2. The molecule has 3 rings (SSSR count). The third-order valence-electron chi connectivity index (χ3n) is 5.86. The molecule has 1 aromatic rings. The van der Waals surface area contributed by atoms with Crippen LogP contribution in [0.4, 0.5) is 45.2 Å². The summed E-state index contributed by atoms with van der Waals surface area (Å²) in [7, 11) is 2.58. The van der Waals surface area contributed by atoms with Gasteiger partial charge in [0.1, 0.15) is 10.5 Å². The number of carbonyl (C=O) groups excluding carboxylic acids is 1. The highest BCUT2D eigenvalue weighted by Gasteiger charge is 2.81. The van der Waals surface area contributed by atoms with Gasteiger partial charge >= 0.3 is 23.9 Å². The smallest absolute Gasteiger partial charge is 0.322 e. The van der Waals surface area contributed by atoms with Gasteiger partial charge in [-0.1, -0.05) is 58.7 Å². The Kier molecular flexibility index (Phi) is 9.48. The zero-order valence-corrected chi connectivity index (χ0v) is 23.6. The van der Waals surface area contributed by atoms with Crippen LogP contribution in [0.1, 0.15) is 23.6 Å². The summed E-state index contributed by atoms with van der Waals surface area (Å²) < 4.78 is 126. The third kappa shape index (κ3) is 6.14. The van der Waals surface area contributed by atoms with Crippen LogP contribution in [0.5, 0.6) is 0 Å². The second kappa shape index (κ2) is 11.5. The van der Waals surface area contributed by atoms with Gasteiger partial charge < -0.3 is 5.32 Å². The summed E-state index contributed by atoms with van der Waals surface area (Å²) in [5, 5.41) is 5.72. The molecule has 0 spiro atoms. The van der Waals surface area contributed by atoms with E-state index < -0.39 is 40.2 Å². The van der Waals surface area contributed by atoms with E-state index in [1.54, 1.807) is 6.08 Å². The second-order valence-electron chi connectivity index (χ2n) is 8.45. The van der Waals surface area contributed by atoms with Crippen molar-refractivity contribution in [2.75, 3.05) is 5.32 Å². The van der Waals surface area contributed by atoms with Gasteiger partial charge in [-0.2, -0.15) is 39.5 Å². The highest BCUT2D eigenvalue weighted by Crippen LogP contribution is 2.58. The summed E-state index contributed by atoms with van der Waals surface area (Å²) in [6, 6.07) is 0.184. The lowest BCUT2D eigenvalue weighted by Gasteiger charge is -2.36. The molecule has 1 aliphatic heterocycles. The Balaban J connectivity index is 1.90. The van der Waals surface area contributed by atoms with Gasteiger partial charge in [-0.15, -0.1) is 0 Å². The monoisotopic (exact) mass is 689 g/mol. The number of hydrogen-bond acceptors (Lipinski definition) is 5. The topological polar surface area (TPSA) is 53.5 Å². The summed E-state index contributed by atoms with van der Waals surface area (Å²) in [5.41, 5.74) is -8.65. The molecule has 2 N–H and O–H groups in total. The molecular weight excluding hydrogens is 673 g/mol. The third-order valence-corrected chi connectivity index (χ3v) is 9.20. The molecule has 1 amide bonds. The minimum atomic E-state index is -6.84. The lowest BCUT2D eigenvalue weighted by molar-refractivity contribution is -0.389. The molecule has 0 saturated carbocycles. The fourth-order valence-electron chi connectivity index (χ4n) is 3.82.